The van der Waals surface area contributed by atoms with Crippen molar-refractivity contribution in [2.45, 2.75) is 44.4 Å². The molecular weight excluding hydrogens is 276 g/mol. The van der Waals surface area contributed by atoms with Crippen molar-refractivity contribution in [3.05, 3.63) is 28.3 Å². The van der Waals surface area contributed by atoms with Crippen LogP contribution >= 0.6 is 11.6 Å². The van der Waals surface area contributed by atoms with Gasteiger partial charge in [-0.25, -0.2) is 0 Å². The SMILES string of the molecule is CNC(c1cc2c(cc1Cl)NC(=O)C2)C1CCC(C)O1. The van der Waals surface area contributed by atoms with Crippen LogP contribution in [-0.2, 0) is 16.0 Å². The van der Waals surface area contributed by atoms with Crippen LogP contribution in [0.1, 0.15) is 36.9 Å². The molecule has 1 amide bonds. The number of halogens is 1. The fourth-order valence-corrected chi connectivity index (χ4v) is 3.41. The van der Waals surface area contributed by atoms with Gasteiger partial charge in [-0.1, -0.05) is 17.7 Å². The van der Waals surface area contributed by atoms with Crippen LogP contribution in [0.25, 0.3) is 0 Å². The molecule has 108 valence electrons. The van der Waals surface area contributed by atoms with Crippen LogP contribution in [-0.4, -0.2) is 25.2 Å². The summed E-state index contributed by atoms with van der Waals surface area (Å²) in [6, 6.07) is 3.94. The maximum absolute atomic E-state index is 11.5. The smallest absolute Gasteiger partial charge is 0.228 e. The molecule has 0 saturated carbocycles. The van der Waals surface area contributed by atoms with Gasteiger partial charge in [0.2, 0.25) is 5.91 Å². The second-order valence-electron chi connectivity index (χ2n) is 5.58. The van der Waals surface area contributed by atoms with E-state index < -0.39 is 0 Å². The van der Waals surface area contributed by atoms with Crippen LogP contribution in [0, 0.1) is 0 Å². The summed E-state index contributed by atoms with van der Waals surface area (Å²) in [4.78, 5) is 11.5. The molecule has 0 radical (unpaired) electrons. The van der Waals surface area contributed by atoms with Gasteiger partial charge < -0.3 is 15.4 Å². The lowest BCUT2D eigenvalue weighted by Gasteiger charge is -2.25. The van der Waals surface area contributed by atoms with E-state index in [9.17, 15) is 4.79 Å². The highest BCUT2D eigenvalue weighted by atomic mass is 35.5. The first-order chi connectivity index (χ1) is 9.58. The van der Waals surface area contributed by atoms with E-state index in [4.69, 9.17) is 16.3 Å². The lowest BCUT2D eigenvalue weighted by atomic mass is 9.96. The molecule has 0 bridgehead atoms. The van der Waals surface area contributed by atoms with Gasteiger partial charge in [-0.15, -0.1) is 0 Å². The number of nitrogens with one attached hydrogen (secondary N) is 2. The first-order valence-electron chi connectivity index (χ1n) is 7.03. The van der Waals surface area contributed by atoms with Gasteiger partial charge in [0.05, 0.1) is 24.7 Å². The van der Waals surface area contributed by atoms with Gasteiger partial charge in [-0.2, -0.15) is 0 Å². The minimum absolute atomic E-state index is 0.0277. The molecule has 2 heterocycles. The monoisotopic (exact) mass is 294 g/mol. The molecule has 5 heteroatoms. The van der Waals surface area contributed by atoms with E-state index in [1.807, 2.05) is 19.2 Å². The van der Waals surface area contributed by atoms with Gasteiger partial charge in [0.1, 0.15) is 0 Å². The number of hydrogen-bond acceptors (Lipinski definition) is 3. The van der Waals surface area contributed by atoms with Gasteiger partial charge in [0, 0.05) is 10.7 Å². The third-order valence-electron chi connectivity index (χ3n) is 4.13. The normalized spacial score (nSPS) is 26.4. The molecule has 2 N–H and O–H groups in total. The Hall–Kier alpha value is -1.10. The first-order valence-corrected chi connectivity index (χ1v) is 7.41. The van der Waals surface area contributed by atoms with Crippen LogP contribution in [0.4, 0.5) is 5.69 Å². The van der Waals surface area contributed by atoms with E-state index in [2.05, 4.69) is 17.6 Å². The Morgan fingerprint density at radius 1 is 1.45 bits per heavy atom. The predicted octanol–water partition coefficient (Wildman–Crippen LogP) is 2.66. The Labute approximate surface area is 123 Å². The van der Waals surface area contributed by atoms with Crippen LogP contribution in [0.5, 0.6) is 0 Å². The topological polar surface area (TPSA) is 50.4 Å². The third kappa shape index (κ3) is 2.43. The van der Waals surface area contributed by atoms with Crippen molar-refractivity contribution in [1.82, 2.24) is 5.32 Å². The highest BCUT2D eigenvalue weighted by molar-refractivity contribution is 6.32. The molecule has 3 atom stereocenters. The zero-order chi connectivity index (χ0) is 14.3. The minimum atomic E-state index is 0.0277. The van der Waals surface area contributed by atoms with E-state index in [1.165, 1.54) is 0 Å². The number of ether oxygens (including phenoxy) is 1. The average Bonchev–Trinajstić information content (AvgIpc) is 2.96. The molecule has 1 saturated heterocycles. The lowest BCUT2D eigenvalue weighted by Crippen LogP contribution is -2.30. The average molecular weight is 295 g/mol. The molecule has 1 fully saturated rings. The summed E-state index contributed by atoms with van der Waals surface area (Å²) in [5, 5.41) is 6.81. The highest BCUT2D eigenvalue weighted by Gasteiger charge is 2.32. The summed E-state index contributed by atoms with van der Waals surface area (Å²) >= 11 is 6.40. The van der Waals surface area contributed by atoms with Crippen molar-refractivity contribution < 1.29 is 9.53 Å². The zero-order valence-corrected chi connectivity index (χ0v) is 12.5. The number of likely N-dealkylation sites (N-methyl/N-ethyl adjacent to an activating group) is 1. The Bertz CT molecular complexity index is 547. The van der Waals surface area contributed by atoms with Gasteiger partial charge in [0.15, 0.2) is 0 Å². The van der Waals surface area contributed by atoms with E-state index in [0.29, 0.717) is 17.5 Å². The van der Waals surface area contributed by atoms with Crippen LogP contribution in [0.3, 0.4) is 0 Å². The van der Waals surface area contributed by atoms with Gasteiger partial charge >= 0.3 is 0 Å². The maximum Gasteiger partial charge on any atom is 0.228 e. The Morgan fingerprint density at radius 3 is 2.90 bits per heavy atom. The van der Waals surface area contributed by atoms with E-state index >= 15 is 0 Å². The number of benzene rings is 1. The molecule has 20 heavy (non-hydrogen) atoms. The van der Waals surface area contributed by atoms with E-state index in [1.54, 1.807) is 0 Å². The van der Waals surface area contributed by atoms with Crippen molar-refractivity contribution in [1.29, 1.82) is 0 Å². The van der Waals surface area contributed by atoms with Crippen molar-refractivity contribution in [3.8, 4) is 0 Å². The number of amides is 1. The number of anilines is 1. The Morgan fingerprint density at radius 2 is 2.25 bits per heavy atom. The van der Waals surface area contributed by atoms with Gasteiger partial charge in [-0.05, 0) is 44.0 Å². The molecule has 2 aliphatic rings. The third-order valence-corrected chi connectivity index (χ3v) is 4.46. The molecule has 4 nitrogen and oxygen atoms in total. The quantitative estimate of drug-likeness (QED) is 0.901. The summed E-state index contributed by atoms with van der Waals surface area (Å²) < 4.78 is 5.96. The van der Waals surface area contributed by atoms with E-state index in [-0.39, 0.29) is 18.1 Å². The predicted molar refractivity (Wildman–Crippen MR) is 79.2 cm³/mol. The standard InChI is InChI=1S/C15H19ClN2O2/c1-8-3-4-13(20-8)15(17-2)10-5-9-6-14(19)18-12(9)7-11(10)16/h5,7-8,13,15,17H,3-4,6H2,1-2H3,(H,18,19). The molecule has 3 unspecified atom stereocenters. The summed E-state index contributed by atoms with van der Waals surface area (Å²) in [6.45, 7) is 2.10. The number of fused-ring (bicyclic) bond motifs is 1. The summed E-state index contributed by atoms with van der Waals surface area (Å²) in [5.41, 5.74) is 2.86. The molecule has 3 rings (SSSR count). The largest absolute Gasteiger partial charge is 0.373 e. The summed E-state index contributed by atoms with van der Waals surface area (Å²) in [7, 11) is 1.92. The molecule has 2 aliphatic heterocycles. The van der Waals surface area contributed by atoms with Crippen molar-refractivity contribution in [2.24, 2.45) is 0 Å². The maximum atomic E-state index is 11.5. The van der Waals surface area contributed by atoms with Crippen molar-refractivity contribution >= 4 is 23.2 Å². The van der Waals surface area contributed by atoms with Crippen LogP contribution in [0.2, 0.25) is 5.02 Å². The number of rotatable bonds is 3. The van der Waals surface area contributed by atoms with Crippen LogP contribution in [0.15, 0.2) is 12.1 Å². The Kier molecular flexibility index (Phi) is 3.71. The molecule has 0 aliphatic carbocycles. The molecule has 1 aromatic carbocycles. The van der Waals surface area contributed by atoms with Gasteiger partial charge in [-0.3, -0.25) is 4.79 Å². The molecular formula is C15H19ClN2O2. The molecule has 1 aromatic rings. The second kappa shape index (κ2) is 5.35. The summed E-state index contributed by atoms with van der Waals surface area (Å²) in [6.07, 6.45) is 2.96. The summed E-state index contributed by atoms with van der Waals surface area (Å²) in [5.74, 6) is 0.0277. The lowest BCUT2D eigenvalue weighted by molar-refractivity contribution is -0.115. The van der Waals surface area contributed by atoms with Crippen molar-refractivity contribution in [3.63, 3.8) is 0 Å². The zero-order valence-electron chi connectivity index (χ0n) is 11.7. The minimum Gasteiger partial charge on any atom is -0.373 e. The molecule has 0 spiro atoms. The fourth-order valence-electron chi connectivity index (χ4n) is 3.13. The number of carbonyl (C=O) groups excluding carboxylic acids is 1. The second-order valence-corrected chi connectivity index (χ2v) is 5.99. The fraction of sp³-hybridized carbons (Fsp3) is 0.533. The number of hydrogen-bond donors (Lipinski definition) is 2. The first kappa shape index (κ1) is 13.9. The van der Waals surface area contributed by atoms with E-state index in [0.717, 1.165) is 29.7 Å². The molecule has 0 aromatic heterocycles. The van der Waals surface area contributed by atoms with Crippen molar-refractivity contribution in [2.75, 3.05) is 12.4 Å². The van der Waals surface area contributed by atoms with Gasteiger partial charge in [0.25, 0.3) is 0 Å². The highest BCUT2D eigenvalue weighted by Crippen LogP contribution is 2.37. The van der Waals surface area contributed by atoms with Crippen LogP contribution < -0.4 is 10.6 Å². The number of carbonyl (C=O) groups is 1. The Balaban J connectivity index is 1.92.